The van der Waals surface area contributed by atoms with E-state index in [4.69, 9.17) is 23.2 Å². The first-order valence-corrected chi connectivity index (χ1v) is 13.1. The molecule has 36 heavy (non-hydrogen) atoms. The summed E-state index contributed by atoms with van der Waals surface area (Å²) in [5.74, 6) is 0.605. The number of para-hydroxylation sites is 1. The SMILES string of the molecule is CN(C)CC(=O)N1CCc2ccc(Nc3ncc4c(n3)SCN(c3c(Cl)cccc3Cl)C4=O)cc2C1. The van der Waals surface area contributed by atoms with Gasteiger partial charge in [0, 0.05) is 25.0 Å². The molecule has 2 aromatic carbocycles. The highest BCUT2D eigenvalue weighted by molar-refractivity contribution is 7.99. The van der Waals surface area contributed by atoms with Crippen LogP contribution in [-0.4, -0.2) is 64.6 Å². The van der Waals surface area contributed by atoms with Crippen molar-refractivity contribution in [3.8, 4) is 0 Å². The van der Waals surface area contributed by atoms with Gasteiger partial charge in [0.1, 0.15) is 5.03 Å². The summed E-state index contributed by atoms with van der Waals surface area (Å²) in [5.41, 5.74) is 4.05. The Balaban J connectivity index is 1.33. The number of likely N-dealkylation sites (N-methyl/N-ethyl adjacent to an activating group) is 1. The largest absolute Gasteiger partial charge is 0.337 e. The number of carbonyl (C=O) groups is 2. The number of carbonyl (C=O) groups excluding carboxylic acids is 2. The van der Waals surface area contributed by atoms with Gasteiger partial charge in [0.25, 0.3) is 5.91 Å². The van der Waals surface area contributed by atoms with Crippen molar-refractivity contribution in [2.75, 3.05) is 43.3 Å². The van der Waals surface area contributed by atoms with Crippen LogP contribution >= 0.6 is 35.0 Å². The lowest BCUT2D eigenvalue weighted by atomic mass is 9.99. The van der Waals surface area contributed by atoms with Crippen molar-refractivity contribution < 1.29 is 9.59 Å². The molecule has 0 fully saturated rings. The molecule has 0 aliphatic carbocycles. The van der Waals surface area contributed by atoms with Crippen LogP contribution in [0.1, 0.15) is 21.5 Å². The van der Waals surface area contributed by atoms with E-state index >= 15 is 0 Å². The fraction of sp³-hybridized carbons (Fsp3) is 0.280. The predicted molar refractivity (Wildman–Crippen MR) is 143 cm³/mol. The molecule has 1 aromatic heterocycles. The Kier molecular flexibility index (Phi) is 7.07. The van der Waals surface area contributed by atoms with Crippen LogP contribution in [0.25, 0.3) is 0 Å². The molecule has 0 atom stereocenters. The lowest BCUT2D eigenvalue weighted by molar-refractivity contribution is -0.132. The Hall–Kier alpha value is -2.85. The number of fused-ring (bicyclic) bond motifs is 2. The van der Waals surface area contributed by atoms with E-state index in [2.05, 4.69) is 21.4 Å². The summed E-state index contributed by atoms with van der Waals surface area (Å²) in [4.78, 5) is 39.9. The number of hydrogen-bond donors (Lipinski definition) is 1. The van der Waals surface area contributed by atoms with Gasteiger partial charge in [-0.1, -0.05) is 47.1 Å². The van der Waals surface area contributed by atoms with Gasteiger partial charge in [0.05, 0.1) is 33.7 Å². The number of nitrogens with one attached hydrogen (secondary N) is 1. The standard InChI is InChI=1S/C25H24Cl2N6O2S/c1-31(2)13-21(34)32-9-8-15-6-7-17(10-16(15)12-32)29-25-28-11-18-23(30-25)36-14-33(24(18)35)22-19(26)4-3-5-20(22)27/h3-7,10-11H,8-9,12-14H2,1-2H3,(H,28,29,30). The maximum Gasteiger partial charge on any atom is 0.263 e. The summed E-state index contributed by atoms with van der Waals surface area (Å²) < 4.78 is 0. The quantitative estimate of drug-likeness (QED) is 0.468. The Morgan fingerprint density at radius 1 is 1.17 bits per heavy atom. The molecular formula is C25H24Cl2N6O2S. The van der Waals surface area contributed by atoms with Crippen molar-refractivity contribution in [3.63, 3.8) is 0 Å². The number of thioether (sulfide) groups is 1. The van der Waals surface area contributed by atoms with E-state index in [-0.39, 0.29) is 11.8 Å². The molecule has 11 heteroatoms. The Morgan fingerprint density at radius 2 is 1.94 bits per heavy atom. The third-order valence-corrected chi connectivity index (χ3v) is 7.63. The van der Waals surface area contributed by atoms with Gasteiger partial charge in [0.2, 0.25) is 11.9 Å². The van der Waals surface area contributed by atoms with Gasteiger partial charge in [-0.15, -0.1) is 0 Å². The molecule has 1 N–H and O–H groups in total. The van der Waals surface area contributed by atoms with Crippen molar-refractivity contribution >= 4 is 64.1 Å². The predicted octanol–water partition coefficient (Wildman–Crippen LogP) is 4.68. The van der Waals surface area contributed by atoms with Crippen molar-refractivity contribution in [1.29, 1.82) is 0 Å². The zero-order valence-corrected chi connectivity index (χ0v) is 22.1. The molecule has 0 bridgehead atoms. The lowest BCUT2D eigenvalue weighted by Gasteiger charge is -2.30. The Bertz CT molecular complexity index is 1330. The van der Waals surface area contributed by atoms with E-state index in [1.165, 1.54) is 23.5 Å². The summed E-state index contributed by atoms with van der Waals surface area (Å²) >= 11 is 14.1. The average Bonchev–Trinajstić information content (AvgIpc) is 2.84. The first-order valence-electron chi connectivity index (χ1n) is 11.4. The van der Waals surface area contributed by atoms with Crippen LogP contribution < -0.4 is 10.2 Å². The second-order valence-electron chi connectivity index (χ2n) is 8.90. The number of rotatable bonds is 5. The molecule has 2 aliphatic heterocycles. The van der Waals surface area contributed by atoms with E-state index in [1.54, 1.807) is 23.1 Å². The fourth-order valence-corrected chi connectivity index (χ4v) is 5.82. The number of aromatic nitrogens is 2. The molecule has 0 saturated heterocycles. The number of hydrogen-bond acceptors (Lipinski definition) is 7. The van der Waals surface area contributed by atoms with E-state index in [0.29, 0.717) is 51.2 Å². The number of nitrogens with zero attached hydrogens (tertiary/aromatic N) is 5. The average molecular weight is 543 g/mol. The van der Waals surface area contributed by atoms with Gasteiger partial charge in [-0.3, -0.25) is 14.5 Å². The Labute approximate surface area is 223 Å². The van der Waals surface area contributed by atoms with Gasteiger partial charge in [-0.2, -0.15) is 0 Å². The minimum Gasteiger partial charge on any atom is -0.337 e. The van der Waals surface area contributed by atoms with E-state index in [0.717, 1.165) is 24.2 Å². The van der Waals surface area contributed by atoms with Gasteiger partial charge in [0.15, 0.2) is 0 Å². The smallest absolute Gasteiger partial charge is 0.263 e. The number of benzene rings is 2. The molecule has 0 radical (unpaired) electrons. The second kappa shape index (κ2) is 10.3. The Morgan fingerprint density at radius 3 is 2.69 bits per heavy atom. The van der Waals surface area contributed by atoms with Crippen molar-refractivity contribution in [1.82, 2.24) is 19.8 Å². The molecule has 0 spiro atoms. The van der Waals surface area contributed by atoms with Gasteiger partial charge < -0.3 is 15.1 Å². The van der Waals surface area contributed by atoms with Gasteiger partial charge >= 0.3 is 0 Å². The van der Waals surface area contributed by atoms with Crippen molar-refractivity contribution in [2.45, 2.75) is 18.0 Å². The monoisotopic (exact) mass is 542 g/mol. The highest BCUT2D eigenvalue weighted by atomic mass is 35.5. The third kappa shape index (κ3) is 5.01. The molecule has 186 valence electrons. The van der Waals surface area contributed by atoms with Crippen molar-refractivity contribution in [3.05, 3.63) is 69.3 Å². The highest BCUT2D eigenvalue weighted by Crippen LogP contribution is 2.39. The van der Waals surface area contributed by atoms with Crippen molar-refractivity contribution in [2.24, 2.45) is 0 Å². The second-order valence-corrected chi connectivity index (χ2v) is 10.6. The van der Waals surface area contributed by atoms with E-state index in [1.807, 2.05) is 36.0 Å². The fourth-order valence-electron chi connectivity index (χ4n) is 4.27. The first-order chi connectivity index (χ1) is 17.3. The maximum atomic E-state index is 13.2. The maximum absolute atomic E-state index is 13.2. The van der Waals surface area contributed by atoms with E-state index in [9.17, 15) is 9.59 Å². The topological polar surface area (TPSA) is 81.7 Å². The van der Waals surface area contributed by atoms with Gasteiger partial charge in [-0.25, -0.2) is 9.97 Å². The molecule has 5 rings (SSSR count). The first kappa shape index (κ1) is 24.8. The number of amides is 2. The number of halogens is 2. The zero-order valence-electron chi connectivity index (χ0n) is 19.8. The molecule has 3 aromatic rings. The minimum absolute atomic E-state index is 0.121. The van der Waals surface area contributed by atoms with E-state index < -0.39 is 0 Å². The molecule has 0 unspecified atom stereocenters. The van der Waals surface area contributed by atoms with Crippen LogP contribution in [0.15, 0.2) is 47.6 Å². The molecule has 0 saturated carbocycles. The van der Waals surface area contributed by atoms with Gasteiger partial charge in [-0.05, 0) is 55.9 Å². The number of anilines is 3. The highest BCUT2D eigenvalue weighted by Gasteiger charge is 2.30. The van der Waals surface area contributed by atoms with Crippen LogP contribution in [0.2, 0.25) is 10.0 Å². The molecule has 3 heterocycles. The third-order valence-electron chi connectivity index (χ3n) is 6.05. The van der Waals surface area contributed by atoms with Crippen LogP contribution in [0.4, 0.5) is 17.3 Å². The van der Waals surface area contributed by atoms with Crippen LogP contribution in [0.5, 0.6) is 0 Å². The van der Waals surface area contributed by atoms with Crippen LogP contribution in [0.3, 0.4) is 0 Å². The molecule has 2 aliphatic rings. The lowest BCUT2D eigenvalue weighted by Crippen LogP contribution is -2.40. The summed E-state index contributed by atoms with van der Waals surface area (Å²) in [6.45, 7) is 1.70. The molecule has 2 amide bonds. The van der Waals surface area contributed by atoms with Crippen LogP contribution in [-0.2, 0) is 17.8 Å². The summed E-state index contributed by atoms with van der Waals surface area (Å²) in [6.07, 6.45) is 2.35. The summed E-state index contributed by atoms with van der Waals surface area (Å²) in [7, 11) is 3.79. The minimum atomic E-state index is -0.249. The van der Waals surface area contributed by atoms with Crippen LogP contribution in [0, 0.1) is 0 Å². The zero-order chi connectivity index (χ0) is 25.4. The summed E-state index contributed by atoms with van der Waals surface area (Å²) in [6, 6.07) is 11.2. The summed E-state index contributed by atoms with van der Waals surface area (Å²) in [5, 5.41) is 4.66. The molecule has 8 nitrogen and oxygen atoms in total. The normalized spacial score (nSPS) is 15.1. The molecular weight excluding hydrogens is 519 g/mol.